The second kappa shape index (κ2) is 17.0. The van der Waals surface area contributed by atoms with Crippen LogP contribution in [0.4, 0.5) is 11.4 Å². The Morgan fingerprint density at radius 1 is 0.467 bits per heavy atom. The maximum atomic E-state index is 11.7. The first-order valence-corrected chi connectivity index (χ1v) is 15.8. The fraction of sp³-hybridized carbons (Fsp3) is 0. The second-order valence-electron chi connectivity index (χ2n) is 7.87. The van der Waals surface area contributed by atoms with Crippen LogP contribution in [0, 0.1) is 9.81 Å². The van der Waals surface area contributed by atoms with Crippen LogP contribution in [0.5, 0.6) is 11.5 Å². The predicted molar refractivity (Wildman–Crippen MR) is 147 cm³/mol. The maximum Gasteiger partial charge on any atom is 2.00 e. The van der Waals surface area contributed by atoms with Crippen LogP contribution in [-0.2, 0) is 40.5 Å². The van der Waals surface area contributed by atoms with Gasteiger partial charge in [0.15, 0.2) is 0 Å². The molecule has 4 aromatic rings. The van der Waals surface area contributed by atoms with E-state index in [1.54, 1.807) is 0 Å². The number of hydrogen-bond donors (Lipinski definition) is 0. The summed E-state index contributed by atoms with van der Waals surface area (Å²) in [6.07, 6.45) is 0. The van der Waals surface area contributed by atoms with Crippen molar-refractivity contribution in [1.82, 2.24) is 0 Å². The van der Waals surface area contributed by atoms with Gasteiger partial charge in [0.25, 0.3) is 0 Å². The molecule has 0 atom stereocenters. The minimum Gasteiger partial charge on any atom is -0.870 e. The number of nitrogens with zero attached hydrogens (tertiary/aromatic N) is 2. The van der Waals surface area contributed by atoms with Crippen LogP contribution in [0.1, 0.15) is 0 Å². The van der Waals surface area contributed by atoms with E-state index in [0.29, 0.717) is 12.1 Å². The van der Waals surface area contributed by atoms with Crippen molar-refractivity contribution in [2.45, 2.75) is 19.6 Å². The van der Waals surface area contributed by atoms with Crippen LogP contribution < -0.4 is 10.2 Å². The van der Waals surface area contributed by atoms with E-state index in [2.05, 4.69) is 10.4 Å². The Morgan fingerprint density at radius 2 is 0.756 bits per heavy atom. The molecule has 0 spiro atoms. The summed E-state index contributed by atoms with van der Waals surface area (Å²) in [6.45, 7) is 0. The first-order chi connectivity index (χ1) is 19.1. The van der Waals surface area contributed by atoms with E-state index in [1.807, 2.05) is 0 Å². The molecule has 0 amide bonds. The molecule has 0 saturated carbocycles. The van der Waals surface area contributed by atoms with Crippen molar-refractivity contribution < 1.29 is 62.1 Å². The Bertz CT molecular complexity index is 2100. The smallest absolute Gasteiger partial charge is 0.870 e. The summed E-state index contributed by atoms with van der Waals surface area (Å²) < 4.78 is 131. The van der Waals surface area contributed by atoms with Crippen LogP contribution in [0.25, 0.3) is 21.5 Å². The van der Waals surface area contributed by atoms with Crippen molar-refractivity contribution in [1.29, 1.82) is 0 Å². The first-order valence-electron chi connectivity index (χ1n) is 10.2. The van der Waals surface area contributed by atoms with Crippen LogP contribution >= 0.6 is 0 Å². The van der Waals surface area contributed by atoms with Gasteiger partial charge in [0.2, 0.25) is 0 Å². The maximum absolute atomic E-state index is 11.7. The van der Waals surface area contributed by atoms with Gasteiger partial charge in [0.1, 0.15) is 51.8 Å². The molecule has 224 valence electrons. The third-order valence-corrected chi connectivity index (χ3v) is 8.65. The summed E-state index contributed by atoms with van der Waals surface area (Å²) >= 11 is 0. The third kappa shape index (κ3) is 10.8. The molecule has 0 heterocycles. The average Bonchev–Trinajstić information content (AvgIpc) is 2.85. The number of nitroso groups, excluding NO2 is 2. The average molecular weight is 1070 g/mol. The Kier molecular flexibility index (Phi) is 17.2. The van der Waals surface area contributed by atoms with Gasteiger partial charge in [0, 0.05) is 20.6 Å². The van der Waals surface area contributed by atoms with Gasteiger partial charge in [-0.1, -0.05) is 23.6 Å². The molecule has 0 bridgehead atoms. The van der Waals surface area contributed by atoms with Gasteiger partial charge in [-0.3, -0.25) is 0 Å². The zero-order valence-electron chi connectivity index (χ0n) is 21.8. The summed E-state index contributed by atoms with van der Waals surface area (Å²) in [5.74, 6) is -2.77. The van der Waals surface area contributed by atoms with E-state index in [-0.39, 0.29) is 168 Å². The molecule has 0 aliphatic rings. The normalized spacial score (nSPS) is 11.6. The molecule has 0 saturated heterocycles. The molecule has 0 aliphatic carbocycles. The van der Waals surface area contributed by atoms with Crippen molar-refractivity contribution in [3.05, 3.63) is 58.3 Å². The van der Waals surface area contributed by atoms with Crippen LogP contribution in [0.2, 0.25) is 0 Å². The summed E-state index contributed by atoms with van der Waals surface area (Å²) in [5, 5.41) is 27.3. The molecule has 0 unspecified atom stereocenters. The Morgan fingerprint density at radius 3 is 0.978 bits per heavy atom. The van der Waals surface area contributed by atoms with Gasteiger partial charge in [-0.15, -0.1) is 9.81 Å². The minimum absolute atomic E-state index is 0. The molecule has 18 nitrogen and oxygen atoms in total. The van der Waals surface area contributed by atoms with E-state index in [4.69, 9.17) is 0 Å². The van der Waals surface area contributed by atoms with Gasteiger partial charge < -0.3 is 28.4 Å². The van der Waals surface area contributed by atoms with E-state index < -0.39 is 82.9 Å². The third-order valence-electron chi connectivity index (χ3n) is 5.31. The molecular weight excluding hydrogens is 1060 g/mol. The number of hydrogen-bond acceptors (Lipinski definition) is 18. The minimum atomic E-state index is -5.19. The SMILES string of the molecule is O=Nc1c([O-])c(S(=O)(=O)[O-])cc2cc(S(=O)(=O)[O-])ccc12.O=Nc1c([O-])c(S(=O)(=O)[O-])cc2cc(S(=O)(=O)[O-])ccc12.[Ba+2].[Ba+2].[Ba+2]. The van der Waals surface area contributed by atoms with Gasteiger partial charge in [0.05, 0.1) is 9.79 Å². The van der Waals surface area contributed by atoms with Gasteiger partial charge in [-0.2, -0.15) is 0 Å². The fourth-order valence-corrected chi connectivity index (χ4v) is 5.71. The number of benzene rings is 4. The second-order valence-corrected chi connectivity index (χ2v) is 13.3. The molecular formula is C20H8Ba3N2O16S4. The van der Waals surface area contributed by atoms with Crippen molar-refractivity contribution in [3.8, 4) is 11.5 Å². The summed E-state index contributed by atoms with van der Waals surface area (Å²) in [5.41, 5.74) is -1.70. The van der Waals surface area contributed by atoms with E-state index in [0.717, 1.165) is 36.4 Å². The van der Waals surface area contributed by atoms with E-state index in [1.165, 1.54) is 0 Å². The van der Waals surface area contributed by atoms with E-state index >= 15 is 0 Å². The molecule has 0 fully saturated rings. The number of fused-ring (bicyclic) bond motifs is 2. The molecule has 0 aliphatic heterocycles. The van der Waals surface area contributed by atoms with Gasteiger partial charge in [-0.25, -0.2) is 33.7 Å². The summed E-state index contributed by atoms with van der Waals surface area (Å²) in [7, 11) is -20.1. The van der Waals surface area contributed by atoms with Crippen molar-refractivity contribution in [3.63, 3.8) is 0 Å². The van der Waals surface area contributed by atoms with Crippen molar-refractivity contribution in [2.75, 3.05) is 0 Å². The predicted octanol–water partition coefficient (Wildman–Crippen LogP) is -0.903. The Labute approximate surface area is 374 Å². The van der Waals surface area contributed by atoms with Crippen LogP contribution in [0.15, 0.2) is 78.5 Å². The van der Waals surface area contributed by atoms with Crippen LogP contribution in [-0.4, -0.2) is 199 Å². The molecule has 25 heteroatoms. The Hall–Kier alpha value is 0.554. The molecule has 0 N–H and O–H groups in total. The van der Waals surface area contributed by atoms with E-state index in [9.17, 15) is 71.9 Å². The standard InChI is InChI=1S/2C10H7NO8S2.3Ba/c2*12-10-8(21(17,18)19)4-5-3-6(20(14,15)16)1-2-7(5)9(10)11-13;;;/h2*1-4,12H,(H,14,15,16)(H,17,18,19);;;/q;;3*+2/p-6. The van der Waals surface area contributed by atoms with Crippen molar-refractivity contribution in [2.24, 2.45) is 10.4 Å². The fourth-order valence-electron chi connectivity index (χ4n) is 3.51. The number of rotatable bonds is 6. The quantitative estimate of drug-likeness (QED) is 0.128. The summed E-state index contributed by atoms with van der Waals surface area (Å²) in [4.78, 5) is 17.4. The molecule has 4 aromatic carbocycles. The molecule has 0 radical (unpaired) electrons. The molecule has 4 rings (SSSR count). The van der Waals surface area contributed by atoms with Gasteiger partial charge >= 0.3 is 147 Å². The molecule has 0 aromatic heterocycles. The summed E-state index contributed by atoms with van der Waals surface area (Å²) in [6, 6.07) is 6.29. The van der Waals surface area contributed by atoms with Gasteiger partial charge in [-0.05, 0) is 57.5 Å². The molecule has 45 heavy (non-hydrogen) atoms. The largest absolute Gasteiger partial charge is 2.00 e. The van der Waals surface area contributed by atoms with Crippen LogP contribution in [0.3, 0.4) is 0 Å². The Balaban J connectivity index is 0.000000807. The first kappa shape index (κ1) is 45.6. The zero-order chi connectivity index (χ0) is 32.0. The topological polar surface area (TPSA) is 334 Å². The van der Waals surface area contributed by atoms with Crippen molar-refractivity contribution >= 4 is 220 Å². The zero-order valence-corrected chi connectivity index (χ0v) is 38.4. The monoisotopic (exact) mass is 1070 g/mol.